The van der Waals surface area contributed by atoms with E-state index in [0.29, 0.717) is 0 Å². The number of thioether (sulfide) groups is 1. The number of hydrogen-bond acceptors (Lipinski definition) is 2. The Morgan fingerprint density at radius 1 is 1.06 bits per heavy atom. The van der Waals surface area contributed by atoms with Gasteiger partial charge < -0.3 is 5.11 Å². The highest BCUT2D eigenvalue weighted by Gasteiger charge is 2.10. The molecule has 1 unspecified atom stereocenters. The summed E-state index contributed by atoms with van der Waals surface area (Å²) in [6.45, 7) is 0. The molecule has 0 heterocycles. The number of hydrogen-bond donors (Lipinski definition) is 1. The van der Waals surface area contributed by atoms with Gasteiger partial charge in [-0.1, -0.05) is 40.2 Å². The van der Waals surface area contributed by atoms with E-state index in [1.165, 1.54) is 4.90 Å². The standard InChI is InChI=1S/C14H13BrOS/c1-17-13-7-5-10(6-8-13)14(16)11-3-2-4-12(15)9-11/h2-9,14,16H,1H3. The molecule has 0 amide bonds. The van der Waals surface area contributed by atoms with Crippen LogP contribution in [0.2, 0.25) is 0 Å². The Bertz CT molecular complexity index is 496. The molecule has 17 heavy (non-hydrogen) atoms. The zero-order valence-electron chi connectivity index (χ0n) is 9.43. The summed E-state index contributed by atoms with van der Waals surface area (Å²) in [4.78, 5) is 1.20. The molecular weight excluding hydrogens is 296 g/mol. The Kier molecular flexibility index (Phi) is 4.26. The molecule has 2 aromatic carbocycles. The fourth-order valence-electron chi connectivity index (χ4n) is 1.66. The first kappa shape index (κ1) is 12.7. The Labute approximate surface area is 114 Å². The summed E-state index contributed by atoms with van der Waals surface area (Å²) in [5.74, 6) is 0. The number of rotatable bonds is 3. The van der Waals surface area contributed by atoms with E-state index < -0.39 is 6.10 Å². The molecule has 1 N–H and O–H groups in total. The highest BCUT2D eigenvalue weighted by Crippen LogP contribution is 2.25. The first-order valence-corrected chi connectivity index (χ1v) is 7.30. The van der Waals surface area contributed by atoms with Crippen LogP contribution in [0.25, 0.3) is 0 Å². The van der Waals surface area contributed by atoms with Crippen molar-refractivity contribution in [3.63, 3.8) is 0 Å². The predicted octanol–water partition coefficient (Wildman–Crippen LogP) is 4.25. The Morgan fingerprint density at radius 3 is 2.35 bits per heavy atom. The molecule has 0 fully saturated rings. The van der Waals surface area contributed by atoms with Crippen LogP contribution in [0.3, 0.4) is 0 Å². The van der Waals surface area contributed by atoms with Crippen LogP contribution >= 0.6 is 27.7 Å². The zero-order valence-corrected chi connectivity index (χ0v) is 11.8. The number of aliphatic hydroxyl groups excluding tert-OH is 1. The molecule has 0 saturated heterocycles. The van der Waals surface area contributed by atoms with Crippen molar-refractivity contribution in [2.24, 2.45) is 0 Å². The predicted molar refractivity (Wildman–Crippen MR) is 76.4 cm³/mol. The van der Waals surface area contributed by atoms with Gasteiger partial charge in [0.1, 0.15) is 6.10 Å². The molecule has 0 aromatic heterocycles. The third-order valence-corrected chi connectivity index (χ3v) is 3.83. The average Bonchev–Trinajstić information content (AvgIpc) is 2.38. The zero-order chi connectivity index (χ0) is 12.3. The van der Waals surface area contributed by atoms with E-state index in [2.05, 4.69) is 15.9 Å². The highest BCUT2D eigenvalue weighted by molar-refractivity contribution is 9.10. The molecule has 0 bridgehead atoms. The summed E-state index contributed by atoms with van der Waals surface area (Å²) in [5, 5.41) is 10.3. The van der Waals surface area contributed by atoms with Crippen LogP contribution in [0.15, 0.2) is 57.9 Å². The van der Waals surface area contributed by atoms with Crippen molar-refractivity contribution in [1.82, 2.24) is 0 Å². The molecular formula is C14H13BrOS. The number of halogens is 1. The third-order valence-electron chi connectivity index (χ3n) is 2.60. The molecule has 1 nitrogen and oxygen atoms in total. The fraction of sp³-hybridized carbons (Fsp3) is 0.143. The van der Waals surface area contributed by atoms with Crippen LogP contribution in [0.4, 0.5) is 0 Å². The molecule has 2 rings (SSSR count). The molecule has 2 aromatic rings. The van der Waals surface area contributed by atoms with Gasteiger partial charge >= 0.3 is 0 Å². The van der Waals surface area contributed by atoms with Gasteiger partial charge in [0, 0.05) is 9.37 Å². The molecule has 88 valence electrons. The first-order valence-electron chi connectivity index (χ1n) is 5.28. The largest absolute Gasteiger partial charge is 0.384 e. The minimum Gasteiger partial charge on any atom is -0.384 e. The minimum absolute atomic E-state index is 0.566. The van der Waals surface area contributed by atoms with Crippen molar-refractivity contribution < 1.29 is 5.11 Å². The topological polar surface area (TPSA) is 20.2 Å². The summed E-state index contributed by atoms with van der Waals surface area (Å²) >= 11 is 5.11. The molecule has 0 spiro atoms. The molecule has 3 heteroatoms. The van der Waals surface area contributed by atoms with Gasteiger partial charge in [-0.25, -0.2) is 0 Å². The molecule has 0 radical (unpaired) electrons. The van der Waals surface area contributed by atoms with Gasteiger partial charge in [-0.05, 0) is 41.6 Å². The van der Waals surface area contributed by atoms with Gasteiger partial charge in [-0.3, -0.25) is 0 Å². The van der Waals surface area contributed by atoms with E-state index in [-0.39, 0.29) is 0 Å². The van der Waals surface area contributed by atoms with Gasteiger partial charge in [0.15, 0.2) is 0 Å². The second-order valence-corrected chi connectivity index (χ2v) is 5.53. The maximum atomic E-state index is 10.3. The van der Waals surface area contributed by atoms with Crippen molar-refractivity contribution in [2.75, 3.05) is 6.26 Å². The smallest absolute Gasteiger partial charge is 0.104 e. The van der Waals surface area contributed by atoms with Crippen LogP contribution in [0.1, 0.15) is 17.2 Å². The summed E-state index contributed by atoms with van der Waals surface area (Å²) in [5.41, 5.74) is 1.82. The van der Waals surface area contributed by atoms with Crippen LogP contribution in [-0.2, 0) is 0 Å². The van der Waals surface area contributed by atoms with Gasteiger partial charge in [0.05, 0.1) is 0 Å². The van der Waals surface area contributed by atoms with E-state index >= 15 is 0 Å². The second kappa shape index (κ2) is 5.71. The maximum absolute atomic E-state index is 10.3. The van der Waals surface area contributed by atoms with Gasteiger partial charge in [0.25, 0.3) is 0 Å². The van der Waals surface area contributed by atoms with E-state index in [1.807, 2.05) is 54.8 Å². The lowest BCUT2D eigenvalue weighted by atomic mass is 10.0. The maximum Gasteiger partial charge on any atom is 0.104 e. The van der Waals surface area contributed by atoms with Crippen LogP contribution in [-0.4, -0.2) is 11.4 Å². The van der Waals surface area contributed by atoms with Crippen LogP contribution < -0.4 is 0 Å². The number of benzene rings is 2. The molecule has 0 aliphatic rings. The molecule has 0 aliphatic carbocycles. The number of aliphatic hydroxyl groups is 1. The van der Waals surface area contributed by atoms with Crippen LogP contribution in [0.5, 0.6) is 0 Å². The summed E-state index contributed by atoms with van der Waals surface area (Å²) in [6, 6.07) is 15.7. The van der Waals surface area contributed by atoms with E-state index in [0.717, 1.165) is 15.6 Å². The summed E-state index contributed by atoms with van der Waals surface area (Å²) in [6.07, 6.45) is 1.48. The lowest BCUT2D eigenvalue weighted by molar-refractivity contribution is 0.220. The molecule has 1 atom stereocenters. The van der Waals surface area contributed by atoms with Crippen molar-refractivity contribution in [2.45, 2.75) is 11.0 Å². The van der Waals surface area contributed by atoms with Gasteiger partial charge in [0.2, 0.25) is 0 Å². The summed E-state index contributed by atoms with van der Waals surface area (Å²) < 4.78 is 0.981. The third kappa shape index (κ3) is 3.12. The monoisotopic (exact) mass is 308 g/mol. The lowest BCUT2D eigenvalue weighted by Gasteiger charge is -2.12. The first-order chi connectivity index (χ1) is 8.20. The van der Waals surface area contributed by atoms with Gasteiger partial charge in [-0.2, -0.15) is 0 Å². The Hall–Kier alpha value is -0.770. The van der Waals surface area contributed by atoms with Crippen molar-refractivity contribution in [1.29, 1.82) is 0 Å². The molecule has 0 saturated carbocycles. The Morgan fingerprint density at radius 2 is 1.76 bits per heavy atom. The quantitative estimate of drug-likeness (QED) is 0.855. The van der Waals surface area contributed by atoms with Crippen molar-refractivity contribution in [3.8, 4) is 0 Å². The second-order valence-electron chi connectivity index (χ2n) is 3.73. The van der Waals surface area contributed by atoms with Crippen molar-refractivity contribution >= 4 is 27.7 Å². The van der Waals surface area contributed by atoms with E-state index in [1.54, 1.807) is 11.8 Å². The fourth-order valence-corrected chi connectivity index (χ4v) is 2.48. The van der Waals surface area contributed by atoms with Crippen molar-refractivity contribution in [3.05, 3.63) is 64.1 Å². The van der Waals surface area contributed by atoms with Gasteiger partial charge in [-0.15, -0.1) is 11.8 Å². The average molecular weight is 309 g/mol. The molecule has 0 aliphatic heterocycles. The SMILES string of the molecule is CSc1ccc(C(O)c2cccc(Br)c2)cc1. The summed E-state index contributed by atoms with van der Waals surface area (Å²) in [7, 11) is 0. The van der Waals surface area contributed by atoms with E-state index in [4.69, 9.17) is 0 Å². The minimum atomic E-state index is -0.566. The van der Waals surface area contributed by atoms with Crippen LogP contribution in [0, 0.1) is 0 Å². The van der Waals surface area contributed by atoms with E-state index in [9.17, 15) is 5.11 Å². The highest BCUT2D eigenvalue weighted by atomic mass is 79.9. The lowest BCUT2D eigenvalue weighted by Crippen LogP contribution is -1.99. The Balaban J connectivity index is 2.27. The normalized spacial score (nSPS) is 12.4.